The van der Waals surface area contributed by atoms with E-state index in [0.29, 0.717) is 16.9 Å². The summed E-state index contributed by atoms with van der Waals surface area (Å²) in [6.07, 6.45) is 0. The van der Waals surface area contributed by atoms with E-state index in [-0.39, 0.29) is 11.7 Å². The number of hydrogen-bond acceptors (Lipinski definition) is 4. The molecule has 0 unspecified atom stereocenters. The summed E-state index contributed by atoms with van der Waals surface area (Å²) in [7, 11) is 3.00. The van der Waals surface area contributed by atoms with Crippen LogP contribution in [-0.2, 0) is 4.84 Å². The maximum atomic E-state index is 12.1. The van der Waals surface area contributed by atoms with E-state index in [1.807, 2.05) is 24.3 Å². The average molecular weight is 315 g/mol. The predicted octanol–water partition coefficient (Wildman–Crippen LogP) is 3.30. The van der Waals surface area contributed by atoms with Crippen LogP contribution in [0, 0.1) is 0 Å². The van der Waals surface area contributed by atoms with Crippen molar-refractivity contribution < 1.29 is 14.4 Å². The zero-order chi connectivity index (χ0) is 15.9. The zero-order valence-electron chi connectivity index (χ0n) is 12.5. The molecule has 2 aromatic rings. The first kappa shape index (κ1) is 16.3. The molecule has 0 radical (unpaired) electrons. The van der Waals surface area contributed by atoms with Crippen molar-refractivity contribution >= 4 is 23.5 Å². The lowest BCUT2D eigenvalue weighted by Gasteiger charge is -2.13. The third-order valence-corrected chi connectivity index (χ3v) is 4.10. The van der Waals surface area contributed by atoms with E-state index in [0.717, 1.165) is 4.90 Å². The summed E-state index contributed by atoms with van der Waals surface area (Å²) in [5.41, 5.74) is 1.22. The van der Waals surface area contributed by atoms with E-state index in [9.17, 15) is 9.59 Å². The van der Waals surface area contributed by atoms with Crippen LogP contribution in [0.25, 0.3) is 0 Å². The molecule has 0 fully saturated rings. The summed E-state index contributed by atoms with van der Waals surface area (Å²) in [6.45, 7) is 0. The number of nitrogens with zero attached hydrogens (tertiary/aromatic N) is 1. The zero-order valence-corrected chi connectivity index (χ0v) is 13.3. The molecule has 0 heterocycles. The lowest BCUT2D eigenvalue weighted by Crippen LogP contribution is -2.25. The Labute approximate surface area is 134 Å². The van der Waals surface area contributed by atoms with Crippen molar-refractivity contribution in [3.63, 3.8) is 0 Å². The number of ketones is 1. The molecule has 0 saturated heterocycles. The highest BCUT2D eigenvalue weighted by Gasteiger charge is 2.12. The molecule has 2 aromatic carbocycles. The monoisotopic (exact) mass is 315 g/mol. The Morgan fingerprint density at radius 3 is 2.41 bits per heavy atom. The van der Waals surface area contributed by atoms with E-state index in [1.165, 1.54) is 23.9 Å². The molecule has 0 N–H and O–H groups in total. The fourth-order valence-electron chi connectivity index (χ4n) is 1.84. The van der Waals surface area contributed by atoms with Gasteiger partial charge in [0.15, 0.2) is 5.78 Å². The number of carbonyl (C=O) groups excluding carboxylic acids is 2. The van der Waals surface area contributed by atoms with Gasteiger partial charge in [-0.3, -0.25) is 14.4 Å². The second-order valence-corrected chi connectivity index (χ2v) is 5.64. The van der Waals surface area contributed by atoms with Crippen LogP contribution < -0.4 is 0 Å². The van der Waals surface area contributed by atoms with Crippen molar-refractivity contribution in [3.05, 3.63) is 65.7 Å². The summed E-state index contributed by atoms with van der Waals surface area (Å²) in [6, 6.07) is 16.3. The van der Waals surface area contributed by atoms with Crippen molar-refractivity contribution in [2.75, 3.05) is 19.9 Å². The van der Waals surface area contributed by atoms with Crippen LogP contribution in [0.4, 0.5) is 0 Å². The fraction of sp³-hybridized carbons (Fsp3) is 0.176. The van der Waals surface area contributed by atoms with Crippen molar-refractivity contribution in [1.82, 2.24) is 5.06 Å². The third-order valence-electron chi connectivity index (χ3n) is 3.11. The lowest BCUT2D eigenvalue weighted by molar-refractivity contribution is -0.0757. The number of Topliss-reactive ketones (excluding diaryl/α,β-unsaturated/α-hetero) is 1. The van der Waals surface area contributed by atoms with Crippen LogP contribution in [0.15, 0.2) is 59.5 Å². The van der Waals surface area contributed by atoms with Gasteiger partial charge in [-0.05, 0) is 18.2 Å². The Morgan fingerprint density at radius 1 is 1.05 bits per heavy atom. The first-order valence-corrected chi connectivity index (χ1v) is 7.73. The summed E-state index contributed by atoms with van der Waals surface area (Å²) < 4.78 is 0. The SMILES string of the molecule is CON(C)C(=O)c1cccc(SCC(=O)c2ccccc2)c1. The van der Waals surface area contributed by atoms with Crippen LogP contribution in [0.2, 0.25) is 0 Å². The first-order chi connectivity index (χ1) is 10.6. The molecule has 0 aliphatic heterocycles. The fourth-order valence-corrected chi connectivity index (χ4v) is 2.69. The molecule has 0 bridgehead atoms. The molecule has 0 atom stereocenters. The average Bonchev–Trinajstić information content (AvgIpc) is 2.59. The van der Waals surface area contributed by atoms with Gasteiger partial charge in [-0.1, -0.05) is 36.4 Å². The molecule has 4 nitrogen and oxygen atoms in total. The number of benzene rings is 2. The molecular weight excluding hydrogens is 298 g/mol. The summed E-state index contributed by atoms with van der Waals surface area (Å²) in [4.78, 5) is 29.8. The molecule has 0 saturated carbocycles. The molecule has 5 heteroatoms. The number of thioether (sulfide) groups is 1. The highest BCUT2D eigenvalue weighted by atomic mass is 32.2. The van der Waals surface area contributed by atoms with Crippen molar-refractivity contribution in [2.24, 2.45) is 0 Å². The molecule has 1 amide bonds. The Morgan fingerprint density at radius 2 is 1.73 bits per heavy atom. The van der Waals surface area contributed by atoms with Gasteiger partial charge in [0.2, 0.25) is 0 Å². The number of rotatable bonds is 6. The molecule has 2 rings (SSSR count). The minimum absolute atomic E-state index is 0.0661. The minimum Gasteiger partial charge on any atom is -0.293 e. The Balaban J connectivity index is 2.02. The van der Waals surface area contributed by atoms with E-state index in [4.69, 9.17) is 4.84 Å². The van der Waals surface area contributed by atoms with Gasteiger partial charge in [0.1, 0.15) is 0 Å². The van der Waals surface area contributed by atoms with Gasteiger partial charge in [0, 0.05) is 23.1 Å². The van der Waals surface area contributed by atoms with Crippen molar-refractivity contribution in [1.29, 1.82) is 0 Å². The highest BCUT2D eigenvalue weighted by molar-refractivity contribution is 8.00. The third kappa shape index (κ3) is 4.19. The second-order valence-electron chi connectivity index (χ2n) is 4.59. The first-order valence-electron chi connectivity index (χ1n) is 6.75. The molecule has 0 aliphatic carbocycles. The van der Waals surface area contributed by atoms with Crippen molar-refractivity contribution in [2.45, 2.75) is 4.90 Å². The number of hydrogen-bond donors (Lipinski definition) is 0. The predicted molar refractivity (Wildman–Crippen MR) is 87.0 cm³/mol. The largest absolute Gasteiger partial charge is 0.293 e. The smallest absolute Gasteiger partial charge is 0.277 e. The van der Waals surface area contributed by atoms with E-state index >= 15 is 0 Å². The van der Waals surface area contributed by atoms with Gasteiger partial charge in [-0.2, -0.15) is 0 Å². The summed E-state index contributed by atoms with van der Waals surface area (Å²) in [5.74, 6) is 0.178. The van der Waals surface area contributed by atoms with Gasteiger partial charge in [-0.25, -0.2) is 5.06 Å². The van der Waals surface area contributed by atoms with Gasteiger partial charge < -0.3 is 0 Å². The quantitative estimate of drug-likeness (QED) is 0.466. The van der Waals surface area contributed by atoms with Crippen LogP contribution >= 0.6 is 11.8 Å². The molecule has 0 aromatic heterocycles. The van der Waals surface area contributed by atoms with Crippen LogP contribution in [0.5, 0.6) is 0 Å². The molecule has 0 aliphatic rings. The maximum Gasteiger partial charge on any atom is 0.277 e. The number of carbonyl (C=O) groups is 2. The second kappa shape index (κ2) is 7.77. The van der Waals surface area contributed by atoms with E-state index < -0.39 is 0 Å². The normalized spacial score (nSPS) is 10.3. The molecular formula is C17H17NO3S. The van der Waals surface area contributed by atoms with Gasteiger partial charge >= 0.3 is 0 Å². The summed E-state index contributed by atoms with van der Waals surface area (Å²) >= 11 is 1.41. The summed E-state index contributed by atoms with van der Waals surface area (Å²) in [5, 5.41) is 1.17. The highest BCUT2D eigenvalue weighted by Crippen LogP contribution is 2.21. The van der Waals surface area contributed by atoms with E-state index in [1.54, 1.807) is 37.4 Å². The Hall–Kier alpha value is -2.11. The van der Waals surface area contributed by atoms with Crippen LogP contribution in [-0.4, -0.2) is 36.7 Å². The molecule has 114 valence electrons. The van der Waals surface area contributed by atoms with Crippen LogP contribution in [0.3, 0.4) is 0 Å². The standard InChI is InChI=1S/C17H17NO3S/c1-18(21-2)17(20)14-9-6-10-15(11-14)22-12-16(19)13-7-4-3-5-8-13/h3-11H,12H2,1-2H3. The van der Waals surface area contributed by atoms with E-state index in [2.05, 4.69) is 0 Å². The van der Waals surface area contributed by atoms with Crippen LogP contribution in [0.1, 0.15) is 20.7 Å². The maximum absolute atomic E-state index is 12.1. The van der Waals surface area contributed by atoms with Gasteiger partial charge in [-0.15, -0.1) is 11.8 Å². The minimum atomic E-state index is -0.223. The Bertz CT molecular complexity index is 658. The molecule has 22 heavy (non-hydrogen) atoms. The topological polar surface area (TPSA) is 46.6 Å². The lowest BCUT2D eigenvalue weighted by atomic mass is 10.2. The van der Waals surface area contributed by atoms with Gasteiger partial charge in [0.05, 0.1) is 12.9 Å². The number of hydroxylamine groups is 2. The Kier molecular flexibility index (Phi) is 5.75. The molecule has 0 spiro atoms. The number of amides is 1. The van der Waals surface area contributed by atoms with Gasteiger partial charge in [0.25, 0.3) is 5.91 Å². The van der Waals surface area contributed by atoms with Crippen molar-refractivity contribution in [3.8, 4) is 0 Å².